The normalized spacial score (nSPS) is 23.0. The zero-order valence-electron chi connectivity index (χ0n) is 19.7. The van der Waals surface area contributed by atoms with Crippen LogP contribution in [-0.2, 0) is 4.74 Å². The largest absolute Gasteiger partial charge is 0.390 e. The maximum atomic E-state index is 9.85. The lowest BCUT2D eigenvalue weighted by Gasteiger charge is -2.35. The summed E-state index contributed by atoms with van der Waals surface area (Å²) < 4.78 is 6.11. The minimum absolute atomic E-state index is 0.0618. The van der Waals surface area contributed by atoms with E-state index in [-0.39, 0.29) is 5.60 Å². The van der Waals surface area contributed by atoms with Crippen LogP contribution in [0.1, 0.15) is 119 Å². The summed E-state index contributed by atoms with van der Waals surface area (Å²) in [6.45, 7) is 15.9. The van der Waals surface area contributed by atoms with Crippen molar-refractivity contribution in [1.82, 2.24) is 0 Å². The van der Waals surface area contributed by atoms with Crippen molar-refractivity contribution in [2.75, 3.05) is 6.61 Å². The van der Waals surface area contributed by atoms with Crippen LogP contribution in [0.2, 0.25) is 0 Å². The van der Waals surface area contributed by atoms with E-state index in [2.05, 4.69) is 34.6 Å². The van der Waals surface area contributed by atoms with Crippen LogP contribution in [0.4, 0.5) is 0 Å². The minimum Gasteiger partial charge on any atom is -0.390 e. The third kappa shape index (κ3) is 12.9. The van der Waals surface area contributed by atoms with Crippen LogP contribution in [0.5, 0.6) is 0 Å². The Morgan fingerprint density at radius 3 is 2.04 bits per heavy atom. The van der Waals surface area contributed by atoms with Gasteiger partial charge in [-0.3, -0.25) is 0 Å². The lowest BCUT2D eigenvalue weighted by Crippen LogP contribution is -2.32. The van der Waals surface area contributed by atoms with Gasteiger partial charge in [0.05, 0.1) is 17.8 Å². The Labute approximate surface area is 170 Å². The van der Waals surface area contributed by atoms with Crippen LogP contribution in [0.3, 0.4) is 0 Å². The van der Waals surface area contributed by atoms with Crippen molar-refractivity contribution in [3.05, 3.63) is 0 Å². The smallest absolute Gasteiger partial charge is 0.0629 e. The summed E-state index contributed by atoms with van der Waals surface area (Å²) >= 11 is 0. The maximum Gasteiger partial charge on any atom is 0.0629 e. The van der Waals surface area contributed by atoms with Gasteiger partial charge < -0.3 is 9.84 Å². The first kappa shape index (κ1) is 25.0. The van der Waals surface area contributed by atoms with Gasteiger partial charge in [0.15, 0.2) is 0 Å². The first-order valence-electron chi connectivity index (χ1n) is 11.8. The number of rotatable bonds is 13. The highest BCUT2D eigenvalue weighted by atomic mass is 16.5. The second-order valence-electron chi connectivity index (χ2n) is 11.3. The molecule has 0 aromatic carbocycles. The molecule has 0 saturated heterocycles. The van der Waals surface area contributed by atoms with Crippen molar-refractivity contribution in [2.24, 2.45) is 23.7 Å². The number of ether oxygens (including phenoxy) is 1. The van der Waals surface area contributed by atoms with Crippen LogP contribution >= 0.6 is 0 Å². The van der Waals surface area contributed by atoms with Crippen LogP contribution in [-0.4, -0.2) is 22.9 Å². The fourth-order valence-electron chi connectivity index (χ4n) is 4.59. The Balaban J connectivity index is 2.18. The van der Waals surface area contributed by atoms with E-state index in [0.29, 0.717) is 13.0 Å². The maximum absolute atomic E-state index is 9.85. The van der Waals surface area contributed by atoms with Gasteiger partial charge in [-0.15, -0.1) is 0 Å². The van der Waals surface area contributed by atoms with Crippen molar-refractivity contribution in [3.8, 4) is 0 Å². The van der Waals surface area contributed by atoms with E-state index in [1.807, 2.05) is 13.8 Å². The fourth-order valence-corrected chi connectivity index (χ4v) is 4.59. The van der Waals surface area contributed by atoms with Crippen LogP contribution < -0.4 is 0 Å². The van der Waals surface area contributed by atoms with Gasteiger partial charge in [-0.2, -0.15) is 0 Å². The van der Waals surface area contributed by atoms with E-state index in [9.17, 15) is 5.11 Å². The van der Waals surface area contributed by atoms with E-state index in [4.69, 9.17) is 4.74 Å². The Hall–Kier alpha value is -0.0800. The Morgan fingerprint density at radius 1 is 0.889 bits per heavy atom. The van der Waals surface area contributed by atoms with Gasteiger partial charge in [-0.25, -0.2) is 0 Å². The molecule has 1 aliphatic rings. The molecule has 0 bridgehead atoms. The van der Waals surface area contributed by atoms with Gasteiger partial charge in [-0.1, -0.05) is 78.6 Å². The number of hydrogen-bond acceptors (Lipinski definition) is 2. The van der Waals surface area contributed by atoms with Crippen LogP contribution in [0.15, 0.2) is 0 Å². The van der Waals surface area contributed by atoms with Crippen LogP contribution in [0.25, 0.3) is 0 Å². The lowest BCUT2D eigenvalue weighted by atomic mass is 9.75. The molecule has 0 aliphatic heterocycles. The predicted octanol–water partition coefficient (Wildman–Crippen LogP) is 7.38. The molecule has 0 aromatic rings. The Kier molecular flexibility index (Phi) is 10.9. The number of aliphatic hydroxyl groups is 1. The molecule has 0 spiro atoms. The van der Waals surface area contributed by atoms with E-state index in [1.54, 1.807) is 0 Å². The van der Waals surface area contributed by atoms with Gasteiger partial charge in [0.1, 0.15) is 0 Å². The second-order valence-corrected chi connectivity index (χ2v) is 11.3. The van der Waals surface area contributed by atoms with Crippen molar-refractivity contribution < 1.29 is 9.84 Å². The molecule has 1 rings (SSSR count). The summed E-state index contributed by atoms with van der Waals surface area (Å²) in [5.74, 6) is 3.55. The summed E-state index contributed by atoms with van der Waals surface area (Å²) in [6.07, 6.45) is 14.6. The molecule has 162 valence electrons. The number of hydrogen-bond donors (Lipinski definition) is 1. The quantitative estimate of drug-likeness (QED) is 0.360. The monoisotopic (exact) mass is 382 g/mol. The van der Waals surface area contributed by atoms with Crippen molar-refractivity contribution >= 4 is 0 Å². The van der Waals surface area contributed by atoms with Crippen molar-refractivity contribution in [1.29, 1.82) is 0 Å². The molecule has 2 nitrogen and oxygen atoms in total. The van der Waals surface area contributed by atoms with Gasteiger partial charge in [0.25, 0.3) is 0 Å². The van der Waals surface area contributed by atoms with Gasteiger partial charge in [0.2, 0.25) is 0 Å². The van der Waals surface area contributed by atoms with Crippen LogP contribution in [0, 0.1) is 23.7 Å². The second kappa shape index (κ2) is 11.8. The molecule has 1 atom stereocenters. The van der Waals surface area contributed by atoms with E-state index < -0.39 is 5.60 Å². The molecule has 0 aromatic heterocycles. The summed E-state index contributed by atoms with van der Waals surface area (Å²) in [5.41, 5.74) is -0.687. The Morgan fingerprint density at radius 2 is 1.48 bits per heavy atom. The molecular weight excluding hydrogens is 332 g/mol. The predicted molar refractivity (Wildman–Crippen MR) is 118 cm³/mol. The Bertz CT molecular complexity index is 372. The molecule has 1 fully saturated rings. The third-order valence-electron chi connectivity index (χ3n) is 6.50. The molecule has 1 unspecified atom stereocenters. The molecule has 27 heavy (non-hydrogen) atoms. The van der Waals surface area contributed by atoms with Crippen molar-refractivity contribution in [2.45, 2.75) is 130 Å². The van der Waals surface area contributed by atoms with Gasteiger partial charge >= 0.3 is 0 Å². The van der Waals surface area contributed by atoms with Gasteiger partial charge in [0, 0.05) is 0 Å². The highest BCUT2D eigenvalue weighted by molar-refractivity contribution is 4.80. The first-order chi connectivity index (χ1) is 12.5. The fraction of sp³-hybridized carbons (Fsp3) is 1.00. The standard InChI is InChI=1S/C25H50O2/c1-20(2)9-8-10-21(3)11-12-22-13-15-23(16-14-22)19-25(6,7)27-18-17-24(4,5)26/h20-23,26H,8-19H2,1-7H3. The molecule has 2 heteroatoms. The van der Waals surface area contributed by atoms with Crippen molar-refractivity contribution in [3.63, 3.8) is 0 Å². The molecular formula is C25H50O2. The highest BCUT2D eigenvalue weighted by Crippen LogP contribution is 2.37. The highest BCUT2D eigenvalue weighted by Gasteiger charge is 2.28. The minimum atomic E-state index is -0.625. The summed E-state index contributed by atoms with van der Waals surface area (Å²) in [4.78, 5) is 0. The average molecular weight is 383 g/mol. The van der Waals surface area contributed by atoms with Gasteiger partial charge in [-0.05, 0) is 64.2 Å². The SMILES string of the molecule is CC(C)CCCC(C)CCC1CCC(CC(C)(C)OCCC(C)(C)O)CC1. The van der Waals surface area contributed by atoms with E-state index >= 15 is 0 Å². The lowest BCUT2D eigenvalue weighted by molar-refractivity contribution is -0.0605. The third-order valence-corrected chi connectivity index (χ3v) is 6.50. The topological polar surface area (TPSA) is 29.5 Å². The summed E-state index contributed by atoms with van der Waals surface area (Å²) in [7, 11) is 0. The first-order valence-corrected chi connectivity index (χ1v) is 11.8. The zero-order valence-corrected chi connectivity index (χ0v) is 19.7. The molecule has 0 radical (unpaired) electrons. The summed E-state index contributed by atoms with van der Waals surface area (Å²) in [5, 5.41) is 9.85. The van der Waals surface area contributed by atoms with E-state index in [0.717, 1.165) is 30.1 Å². The molecule has 1 aliphatic carbocycles. The molecule has 0 heterocycles. The molecule has 1 N–H and O–H groups in total. The molecule has 0 amide bonds. The van der Waals surface area contributed by atoms with E-state index in [1.165, 1.54) is 57.8 Å². The summed E-state index contributed by atoms with van der Waals surface area (Å²) in [6, 6.07) is 0. The molecule has 1 saturated carbocycles. The zero-order chi connectivity index (χ0) is 20.5. The average Bonchev–Trinajstić information content (AvgIpc) is 2.52.